The summed E-state index contributed by atoms with van der Waals surface area (Å²) >= 11 is 6.05. The third-order valence-corrected chi connectivity index (χ3v) is 4.25. The second-order valence-electron chi connectivity index (χ2n) is 5.78. The van der Waals surface area contributed by atoms with Crippen LogP contribution in [0.25, 0.3) is 0 Å². The Hall–Kier alpha value is -2.28. The molecular weight excluding hydrogens is 389 g/mol. The number of hydrogen-bond donors (Lipinski definition) is 3. The Morgan fingerprint density at radius 1 is 1.22 bits per heavy atom. The first-order valence-corrected chi connectivity index (χ1v) is 8.52. The molecule has 0 aliphatic carbocycles. The van der Waals surface area contributed by atoms with Crippen LogP contribution < -0.4 is 21.1 Å². The van der Waals surface area contributed by atoms with Crippen LogP contribution in [0.1, 0.15) is 23.6 Å². The van der Waals surface area contributed by atoms with Gasteiger partial charge < -0.3 is 21.1 Å². The minimum atomic E-state index is -0.765. The molecule has 6 nitrogen and oxygen atoms in total. The van der Waals surface area contributed by atoms with Crippen LogP contribution >= 0.6 is 24.0 Å². The molecule has 1 unspecified atom stereocenters. The number of hydrogen-bond acceptors (Lipinski definition) is 4. The van der Waals surface area contributed by atoms with Crippen molar-refractivity contribution < 1.29 is 14.3 Å². The van der Waals surface area contributed by atoms with Crippen molar-refractivity contribution in [3.05, 3.63) is 58.6 Å². The lowest BCUT2D eigenvalue weighted by Crippen LogP contribution is -2.35. The Bertz CT molecular complexity index is 785. The molecule has 0 aliphatic rings. The molecule has 2 amide bonds. The number of rotatable bonds is 7. The van der Waals surface area contributed by atoms with Crippen molar-refractivity contribution >= 4 is 41.5 Å². The van der Waals surface area contributed by atoms with Gasteiger partial charge in [0.2, 0.25) is 11.8 Å². The molecule has 0 fully saturated rings. The normalized spacial score (nSPS) is 11.1. The molecule has 0 aromatic heterocycles. The number of benzene rings is 2. The molecule has 2 aromatic carbocycles. The highest BCUT2D eigenvalue weighted by molar-refractivity contribution is 6.31. The number of methoxy groups -OCH3 is 1. The van der Waals surface area contributed by atoms with E-state index in [2.05, 4.69) is 10.6 Å². The van der Waals surface area contributed by atoms with Crippen LogP contribution in [-0.4, -0.2) is 25.5 Å². The van der Waals surface area contributed by atoms with Crippen molar-refractivity contribution in [2.75, 3.05) is 19.0 Å². The van der Waals surface area contributed by atoms with Gasteiger partial charge in [0.25, 0.3) is 0 Å². The lowest BCUT2D eigenvalue weighted by molar-refractivity contribution is -0.122. The molecule has 8 heteroatoms. The van der Waals surface area contributed by atoms with Gasteiger partial charge in [-0.15, -0.1) is 12.4 Å². The van der Waals surface area contributed by atoms with Crippen molar-refractivity contribution in [1.29, 1.82) is 0 Å². The van der Waals surface area contributed by atoms with Crippen LogP contribution in [0.3, 0.4) is 0 Å². The van der Waals surface area contributed by atoms with E-state index in [9.17, 15) is 9.59 Å². The molecule has 0 spiro atoms. The van der Waals surface area contributed by atoms with Gasteiger partial charge in [-0.25, -0.2) is 0 Å². The van der Waals surface area contributed by atoms with E-state index < -0.39 is 6.04 Å². The predicted molar refractivity (Wildman–Crippen MR) is 110 cm³/mol. The zero-order valence-electron chi connectivity index (χ0n) is 15.1. The second-order valence-corrected chi connectivity index (χ2v) is 6.19. The summed E-state index contributed by atoms with van der Waals surface area (Å²) in [5, 5.41) is 5.99. The molecular formula is C19H23Cl2N3O3. The summed E-state index contributed by atoms with van der Waals surface area (Å²) in [7, 11) is 1.50. The maximum absolute atomic E-state index is 12.1. The third kappa shape index (κ3) is 6.43. The molecule has 2 aromatic rings. The number of nitrogens with two attached hydrogens (primary N) is 1. The van der Waals surface area contributed by atoms with Gasteiger partial charge in [0.15, 0.2) is 0 Å². The number of aryl methyl sites for hydroxylation is 1. The molecule has 2 rings (SSSR count). The fourth-order valence-electron chi connectivity index (χ4n) is 2.36. The standard InChI is InChI=1S/C19H22ClN3O3.ClH/c1-12-10-15(16(26-2)11-14(12)20)23-17(24)8-9-22-19(25)18(21)13-6-4-3-5-7-13;/h3-7,10-11,18H,8-9,21H2,1-2H3,(H,22,25)(H,23,24);1H. The number of anilines is 1. The molecule has 0 radical (unpaired) electrons. The summed E-state index contributed by atoms with van der Waals surface area (Å²) in [5.74, 6) is -0.105. The monoisotopic (exact) mass is 411 g/mol. The summed E-state index contributed by atoms with van der Waals surface area (Å²) in [6.07, 6.45) is 0.109. The minimum absolute atomic E-state index is 0. The highest BCUT2D eigenvalue weighted by Gasteiger charge is 2.15. The molecule has 146 valence electrons. The van der Waals surface area contributed by atoms with Crippen LogP contribution in [0.4, 0.5) is 5.69 Å². The van der Waals surface area contributed by atoms with Gasteiger partial charge >= 0.3 is 0 Å². The molecule has 0 saturated heterocycles. The van der Waals surface area contributed by atoms with E-state index in [1.54, 1.807) is 24.3 Å². The first-order chi connectivity index (χ1) is 12.4. The van der Waals surface area contributed by atoms with E-state index >= 15 is 0 Å². The van der Waals surface area contributed by atoms with Gasteiger partial charge in [0, 0.05) is 24.1 Å². The number of amides is 2. The SMILES string of the molecule is COc1cc(Cl)c(C)cc1NC(=O)CCNC(=O)C(N)c1ccccc1.Cl. The maximum Gasteiger partial charge on any atom is 0.241 e. The van der Waals surface area contributed by atoms with Crippen LogP contribution in [0.2, 0.25) is 5.02 Å². The second kappa shape index (κ2) is 10.8. The van der Waals surface area contributed by atoms with Crippen molar-refractivity contribution in [3.63, 3.8) is 0 Å². The van der Waals surface area contributed by atoms with Crippen LogP contribution in [0.15, 0.2) is 42.5 Å². The van der Waals surface area contributed by atoms with Gasteiger partial charge in [0.1, 0.15) is 11.8 Å². The molecule has 0 saturated carbocycles. The molecule has 0 bridgehead atoms. The van der Waals surface area contributed by atoms with Gasteiger partial charge in [-0.3, -0.25) is 9.59 Å². The average Bonchev–Trinajstić information content (AvgIpc) is 2.64. The quantitative estimate of drug-likeness (QED) is 0.651. The van der Waals surface area contributed by atoms with E-state index in [0.717, 1.165) is 11.1 Å². The van der Waals surface area contributed by atoms with Gasteiger partial charge in [-0.2, -0.15) is 0 Å². The largest absolute Gasteiger partial charge is 0.495 e. The molecule has 0 aliphatic heterocycles. The Labute approximate surface area is 169 Å². The van der Waals surface area contributed by atoms with Crippen molar-refractivity contribution in [3.8, 4) is 5.75 Å². The summed E-state index contributed by atoms with van der Waals surface area (Å²) < 4.78 is 5.22. The fourth-order valence-corrected chi connectivity index (χ4v) is 2.52. The Morgan fingerprint density at radius 2 is 1.89 bits per heavy atom. The Balaban J connectivity index is 0.00000364. The smallest absolute Gasteiger partial charge is 0.241 e. The lowest BCUT2D eigenvalue weighted by Gasteiger charge is -2.14. The van der Waals surface area contributed by atoms with E-state index in [-0.39, 0.29) is 37.2 Å². The Morgan fingerprint density at radius 3 is 2.52 bits per heavy atom. The van der Waals surface area contributed by atoms with Crippen LogP contribution in [0.5, 0.6) is 5.75 Å². The van der Waals surface area contributed by atoms with E-state index in [4.69, 9.17) is 22.1 Å². The Kier molecular flexibility index (Phi) is 9.08. The number of carbonyl (C=O) groups is 2. The fraction of sp³-hybridized carbons (Fsp3) is 0.263. The van der Waals surface area contributed by atoms with E-state index in [1.807, 2.05) is 25.1 Å². The summed E-state index contributed by atoms with van der Waals surface area (Å²) in [6.45, 7) is 2.02. The predicted octanol–water partition coefficient (Wildman–Crippen LogP) is 3.22. The highest BCUT2D eigenvalue weighted by atomic mass is 35.5. The first kappa shape index (κ1) is 22.8. The summed E-state index contributed by atoms with van der Waals surface area (Å²) in [4.78, 5) is 24.2. The number of halogens is 2. The summed E-state index contributed by atoms with van der Waals surface area (Å²) in [5.41, 5.74) is 7.98. The van der Waals surface area contributed by atoms with Gasteiger partial charge in [0.05, 0.1) is 12.8 Å². The molecule has 1 atom stereocenters. The van der Waals surface area contributed by atoms with Crippen LogP contribution in [0, 0.1) is 6.92 Å². The van der Waals surface area contributed by atoms with E-state index in [1.165, 1.54) is 7.11 Å². The van der Waals surface area contributed by atoms with Crippen molar-refractivity contribution in [2.24, 2.45) is 5.73 Å². The highest BCUT2D eigenvalue weighted by Crippen LogP contribution is 2.30. The average molecular weight is 412 g/mol. The maximum atomic E-state index is 12.1. The van der Waals surface area contributed by atoms with E-state index in [0.29, 0.717) is 16.5 Å². The first-order valence-electron chi connectivity index (χ1n) is 8.14. The van der Waals surface area contributed by atoms with Gasteiger partial charge in [-0.05, 0) is 24.1 Å². The number of ether oxygens (including phenoxy) is 1. The van der Waals surface area contributed by atoms with Gasteiger partial charge in [-0.1, -0.05) is 41.9 Å². The zero-order valence-corrected chi connectivity index (χ0v) is 16.7. The number of carbonyl (C=O) groups excluding carboxylic acids is 2. The molecule has 27 heavy (non-hydrogen) atoms. The summed E-state index contributed by atoms with van der Waals surface area (Å²) in [6, 6.07) is 11.7. The third-order valence-electron chi connectivity index (χ3n) is 3.85. The molecule has 4 N–H and O–H groups in total. The molecule has 0 heterocycles. The van der Waals surface area contributed by atoms with Crippen LogP contribution in [-0.2, 0) is 9.59 Å². The zero-order chi connectivity index (χ0) is 19.1. The minimum Gasteiger partial charge on any atom is -0.495 e. The van der Waals surface area contributed by atoms with Crippen molar-refractivity contribution in [1.82, 2.24) is 5.32 Å². The lowest BCUT2D eigenvalue weighted by atomic mass is 10.1. The number of nitrogens with one attached hydrogen (secondary N) is 2. The topological polar surface area (TPSA) is 93.5 Å². The van der Waals surface area contributed by atoms with Crippen molar-refractivity contribution in [2.45, 2.75) is 19.4 Å².